The number of aryl methyl sites for hydroxylation is 1. The first-order chi connectivity index (χ1) is 17.9. The normalized spacial score (nSPS) is 19.1. The highest BCUT2D eigenvalue weighted by molar-refractivity contribution is 5.83. The molecule has 1 aromatic heterocycles. The molecule has 0 bridgehead atoms. The number of carbonyl (C=O) groups is 1. The fraction of sp³-hybridized carbons (Fsp3) is 0.467. The zero-order valence-electron chi connectivity index (χ0n) is 21.4. The number of carboxylic acids is 1. The number of hydrogen-bond acceptors (Lipinski definition) is 4. The van der Waals surface area contributed by atoms with Crippen molar-refractivity contribution in [2.75, 3.05) is 26.7 Å². The molecule has 5 nitrogen and oxygen atoms in total. The van der Waals surface area contributed by atoms with Crippen molar-refractivity contribution in [3.8, 4) is 5.75 Å². The molecule has 3 atom stereocenters. The first kappa shape index (κ1) is 27.0. The number of aliphatic carboxylic acids is 1. The molecule has 2 heterocycles. The van der Waals surface area contributed by atoms with Gasteiger partial charge in [-0.05, 0) is 111 Å². The highest BCUT2D eigenvalue weighted by atomic mass is 19.1. The molecule has 7 heteroatoms. The summed E-state index contributed by atoms with van der Waals surface area (Å²) in [5.41, 5.74) is 2.49. The average molecular weight is 511 g/mol. The minimum Gasteiger partial charge on any atom is -0.497 e. The molecular formula is C30H36F2N2O3. The van der Waals surface area contributed by atoms with Crippen LogP contribution in [0.2, 0.25) is 0 Å². The van der Waals surface area contributed by atoms with E-state index in [2.05, 4.69) is 9.88 Å². The van der Waals surface area contributed by atoms with Crippen LogP contribution in [0.3, 0.4) is 0 Å². The Morgan fingerprint density at radius 2 is 1.97 bits per heavy atom. The quantitative estimate of drug-likeness (QED) is 0.297. The van der Waals surface area contributed by atoms with Gasteiger partial charge in [-0.25, -0.2) is 8.78 Å². The summed E-state index contributed by atoms with van der Waals surface area (Å²) in [5.74, 6) is 0.201. The predicted molar refractivity (Wildman–Crippen MR) is 141 cm³/mol. The van der Waals surface area contributed by atoms with E-state index in [1.807, 2.05) is 30.3 Å². The average Bonchev–Trinajstić information content (AvgIpc) is 2.91. The number of likely N-dealkylation sites (tertiary alicyclic amines) is 1. The molecule has 1 N–H and O–H groups in total. The van der Waals surface area contributed by atoms with E-state index in [0.29, 0.717) is 30.1 Å². The summed E-state index contributed by atoms with van der Waals surface area (Å²) in [6.07, 6.45) is 5.19. The number of hydrogen-bond donors (Lipinski definition) is 1. The molecule has 0 amide bonds. The third kappa shape index (κ3) is 7.48. The molecule has 1 saturated heterocycles. The maximum absolute atomic E-state index is 15.5. The number of aromatic nitrogens is 1. The van der Waals surface area contributed by atoms with Crippen LogP contribution in [-0.2, 0) is 11.2 Å². The second-order valence-corrected chi connectivity index (χ2v) is 10.1. The number of methoxy groups -OCH3 is 1. The zero-order chi connectivity index (χ0) is 26.2. The summed E-state index contributed by atoms with van der Waals surface area (Å²) in [6.45, 7) is 2.70. The molecule has 3 aromatic rings. The summed E-state index contributed by atoms with van der Waals surface area (Å²) in [4.78, 5) is 18.1. The van der Waals surface area contributed by atoms with Crippen molar-refractivity contribution in [1.29, 1.82) is 0 Å². The van der Waals surface area contributed by atoms with E-state index < -0.39 is 12.1 Å². The third-order valence-corrected chi connectivity index (χ3v) is 7.67. The number of ether oxygens (including phenoxy) is 1. The third-order valence-electron chi connectivity index (χ3n) is 7.67. The SMILES string of the molecule is COc1ccc2nccc([C@@H](F)CCC3CCN(CCCc4ccc(F)cc4)CC3CCC(=O)O)c2c1. The van der Waals surface area contributed by atoms with Crippen LogP contribution in [0.15, 0.2) is 54.7 Å². The molecule has 198 valence electrons. The zero-order valence-corrected chi connectivity index (χ0v) is 21.4. The van der Waals surface area contributed by atoms with Crippen molar-refractivity contribution in [1.82, 2.24) is 9.88 Å². The summed E-state index contributed by atoms with van der Waals surface area (Å²) < 4.78 is 34.0. The predicted octanol–water partition coefficient (Wildman–Crippen LogP) is 6.61. The molecule has 1 fully saturated rings. The minimum atomic E-state index is -1.12. The van der Waals surface area contributed by atoms with E-state index >= 15 is 4.39 Å². The lowest BCUT2D eigenvalue weighted by Crippen LogP contribution is -2.41. The Balaban J connectivity index is 1.34. The Morgan fingerprint density at radius 3 is 2.73 bits per heavy atom. The van der Waals surface area contributed by atoms with Gasteiger partial charge in [0, 0.05) is 24.5 Å². The Bertz CT molecular complexity index is 1170. The van der Waals surface area contributed by atoms with Gasteiger partial charge in [-0.1, -0.05) is 12.1 Å². The number of alkyl halides is 1. The van der Waals surface area contributed by atoms with Crippen LogP contribution in [0, 0.1) is 17.7 Å². The van der Waals surface area contributed by atoms with Gasteiger partial charge in [0.2, 0.25) is 0 Å². The van der Waals surface area contributed by atoms with Gasteiger partial charge >= 0.3 is 5.97 Å². The van der Waals surface area contributed by atoms with Crippen molar-refractivity contribution in [2.45, 2.75) is 51.1 Å². The number of piperidine rings is 1. The molecule has 0 spiro atoms. The number of halogens is 2. The van der Waals surface area contributed by atoms with Crippen molar-refractivity contribution in [2.24, 2.45) is 11.8 Å². The number of pyridine rings is 1. The number of nitrogens with zero attached hydrogens (tertiary/aromatic N) is 2. The maximum atomic E-state index is 15.5. The van der Waals surface area contributed by atoms with Crippen LogP contribution in [0.4, 0.5) is 8.78 Å². The Hall–Kier alpha value is -3.06. The molecule has 0 aliphatic carbocycles. The summed E-state index contributed by atoms with van der Waals surface area (Å²) in [7, 11) is 1.59. The lowest BCUT2D eigenvalue weighted by Gasteiger charge is -2.39. The van der Waals surface area contributed by atoms with Gasteiger partial charge in [-0.15, -0.1) is 0 Å². The summed E-state index contributed by atoms with van der Waals surface area (Å²) >= 11 is 0. The first-order valence-corrected chi connectivity index (χ1v) is 13.2. The molecule has 1 aliphatic heterocycles. The molecule has 0 saturated carbocycles. The topological polar surface area (TPSA) is 62.7 Å². The minimum absolute atomic E-state index is 0.137. The van der Waals surface area contributed by atoms with Gasteiger partial charge in [-0.3, -0.25) is 9.78 Å². The van der Waals surface area contributed by atoms with E-state index in [4.69, 9.17) is 4.74 Å². The number of benzene rings is 2. The van der Waals surface area contributed by atoms with Crippen LogP contribution < -0.4 is 4.74 Å². The largest absolute Gasteiger partial charge is 0.497 e. The fourth-order valence-electron chi connectivity index (χ4n) is 5.60. The lowest BCUT2D eigenvalue weighted by atomic mass is 9.79. The molecular weight excluding hydrogens is 474 g/mol. The van der Waals surface area contributed by atoms with Crippen molar-refractivity contribution in [3.63, 3.8) is 0 Å². The molecule has 0 radical (unpaired) electrons. The van der Waals surface area contributed by atoms with Crippen LogP contribution in [0.5, 0.6) is 5.75 Å². The van der Waals surface area contributed by atoms with Gasteiger partial charge in [-0.2, -0.15) is 0 Å². The van der Waals surface area contributed by atoms with E-state index in [-0.39, 0.29) is 18.2 Å². The second-order valence-electron chi connectivity index (χ2n) is 10.1. The Kier molecular flexibility index (Phi) is 9.45. The number of rotatable bonds is 12. The number of fused-ring (bicyclic) bond motifs is 1. The van der Waals surface area contributed by atoms with E-state index in [0.717, 1.165) is 61.8 Å². The second kappa shape index (κ2) is 13.0. The van der Waals surface area contributed by atoms with Crippen molar-refractivity contribution >= 4 is 16.9 Å². The fourth-order valence-corrected chi connectivity index (χ4v) is 5.60. The monoisotopic (exact) mass is 510 g/mol. The highest BCUT2D eigenvalue weighted by Gasteiger charge is 2.30. The molecule has 37 heavy (non-hydrogen) atoms. The Morgan fingerprint density at radius 1 is 1.16 bits per heavy atom. The molecule has 2 unspecified atom stereocenters. The molecule has 2 aromatic carbocycles. The summed E-state index contributed by atoms with van der Waals surface area (Å²) in [6, 6.07) is 13.9. The standard InChI is InChI=1S/C30H36F2N2O3/c1-37-25-10-12-29-27(19-25)26(14-16-33-29)28(32)11-6-22-15-18-34(20-23(22)7-13-30(35)36)17-2-3-21-4-8-24(31)9-5-21/h4-5,8-10,12,14,16,19,22-23,28H,2-3,6-7,11,13,15,17-18,20H2,1H3,(H,35,36)/t22?,23?,28-/m0/s1. The van der Waals surface area contributed by atoms with Crippen LogP contribution in [-0.4, -0.2) is 47.7 Å². The van der Waals surface area contributed by atoms with Gasteiger partial charge in [0.15, 0.2) is 0 Å². The van der Waals surface area contributed by atoms with Gasteiger partial charge in [0.25, 0.3) is 0 Å². The van der Waals surface area contributed by atoms with E-state index in [1.54, 1.807) is 19.4 Å². The van der Waals surface area contributed by atoms with E-state index in [9.17, 15) is 14.3 Å². The van der Waals surface area contributed by atoms with Crippen LogP contribution in [0.25, 0.3) is 10.9 Å². The maximum Gasteiger partial charge on any atom is 0.303 e. The summed E-state index contributed by atoms with van der Waals surface area (Å²) in [5, 5.41) is 10.0. The van der Waals surface area contributed by atoms with Gasteiger partial charge in [0.1, 0.15) is 17.7 Å². The first-order valence-electron chi connectivity index (χ1n) is 13.2. The van der Waals surface area contributed by atoms with E-state index in [1.165, 1.54) is 12.1 Å². The Labute approximate surface area is 217 Å². The van der Waals surface area contributed by atoms with Crippen LogP contribution >= 0.6 is 0 Å². The molecule has 4 rings (SSSR count). The lowest BCUT2D eigenvalue weighted by molar-refractivity contribution is -0.137. The van der Waals surface area contributed by atoms with Crippen molar-refractivity contribution in [3.05, 3.63) is 71.7 Å². The molecule has 1 aliphatic rings. The smallest absolute Gasteiger partial charge is 0.303 e. The van der Waals surface area contributed by atoms with Gasteiger partial charge < -0.3 is 14.7 Å². The highest BCUT2D eigenvalue weighted by Crippen LogP contribution is 2.36. The van der Waals surface area contributed by atoms with Gasteiger partial charge in [0.05, 0.1) is 12.6 Å². The van der Waals surface area contributed by atoms with Crippen molar-refractivity contribution < 1.29 is 23.4 Å². The number of carboxylic acid groups (broad SMARTS) is 1. The van der Waals surface area contributed by atoms with Crippen LogP contribution in [0.1, 0.15) is 55.8 Å².